The van der Waals surface area contributed by atoms with E-state index in [0.29, 0.717) is 6.54 Å². The van der Waals surface area contributed by atoms with Crippen LogP contribution in [0.25, 0.3) is 0 Å². The normalized spacial score (nSPS) is 11.9. The van der Waals surface area contributed by atoms with Crippen molar-refractivity contribution in [2.75, 3.05) is 0 Å². The number of benzene rings is 2. The molecule has 0 saturated heterocycles. The molecule has 0 unspecified atom stereocenters. The van der Waals surface area contributed by atoms with E-state index in [-0.39, 0.29) is 0 Å². The van der Waals surface area contributed by atoms with E-state index in [9.17, 15) is 0 Å². The number of hydrogen-bond acceptors (Lipinski definition) is 1. The zero-order valence-electron chi connectivity index (χ0n) is 11.2. The summed E-state index contributed by atoms with van der Waals surface area (Å²) in [5, 5.41) is 0. The molecule has 18 heavy (non-hydrogen) atoms. The van der Waals surface area contributed by atoms with Crippen LogP contribution in [0.5, 0.6) is 0 Å². The molecule has 3 rings (SSSR count). The molecule has 2 aromatic rings. The van der Waals surface area contributed by atoms with E-state index in [1.807, 2.05) is 0 Å². The van der Waals surface area contributed by atoms with Crippen LogP contribution in [-0.4, -0.2) is 0 Å². The molecule has 0 atom stereocenters. The highest BCUT2D eigenvalue weighted by Gasteiger charge is 2.09. The van der Waals surface area contributed by atoms with Gasteiger partial charge in [-0.25, -0.2) is 0 Å². The second-order valence-corrected chi connectivity index (χ2v) is 4.89. The first kappa shape index (κ1) is 12.8. The molecule has 1 aliphatic rings. The summed E-state index contributed by atoms with van der Waals surface area (Å²) in [5.74, 6) is 0. The molecular weight excluding hydrogens is 218 g/mol. The molecule has 0 aromatic heterocycles. The van der Waals surface area contributed by atoms with Crippen molar-refractivity contribution in [1.82, 2.24) is 0 Å². The lowest BCUT2D eigenvalue weighted by molar-refractivity contribution is 0.839. The fourth-order valence-corrected chi connectivity index (χ4v) is 2.07. The molecule has 0 saturated carbocycles. The van der Waals surface area contributed by atoms with Gasteiger partial charge in [0.2, 0.25) is 0 Å². The van der Waals surface area contributed by atoms with Crippen LogP contribution in [0.1, 0.15) is 27.8 Å². The summed E-state index contributed by atoms with van der Waals surface area (Å²) >= 11 is 0. The molecule has 0 aliphatic heterocycles. The third kappa shape index (κ3) is 2.99. The van der Waals surface area contributed by atoms with E-state index in [1.54, 1.807) is 11.1 Å². The number of aryl methyl sites for hydroxylation is 4. The van der Waals surface area contributed by atoms with Crippen LogP contribution in [0, 0.1) is 13.8 Å². The molecule has 0 heterocycles. The van der Waals surface area contributed by atoms with Gasteiger partial charge >= 0.3 is 0 Å². The van der Waals surface area contributed by atoms with Crippen molar-refractivity contribution in [2.24, 2.45) is 5.73 Å². The number of fused-ring (bicyclic) bond motifs is 1. The molecule has 1 nitrogen and oxygen atoms in total. The van der Waals surface area contributed by atoms with Crippen molar-refractivity contribution >= 4 is 0 Å². The largest absolute Gasteiger partial charge is 0.326 e. The van der Waals surface area contributed by atoms with E-state index in [2.05, 4.69) is 56.3 Å². The second-order valence-electron chi connectivity index (χ2n) is 4.89. The molecule has 0 amide bonds. The Morgan fingerprint density at radius 2 is 1.50 bits per heavy atom. The lowest BCUT2D eigenvalue weighted by atomic mass is 9.89. The van der Waals surface area contributed by atoms with Crippen molar-refractivity contribution in [2.45, 2.75) is 33.2 Å². The van der Waals surface area contributed by atoms with Crippen LogP contribution in [-0.2, 0) is 19.4 Å². The van der Waals surface area contributed by atoms with E-state index >= 15 is 0 Å². The number of hydrogen-bond donors (Lipinski definition) is 1. The molecule has 0 fully saturated rings. The highest BCUT2D eigenvalue weighted by atomic mass is 14.5. The zero-order chi connectivity index (χ0) is 13.0. The third-order valence-electron chi connectivity index (χ3n) is 3.59. The average Bonchev–Trinajstić information content (AvgIpc) is 2.35. The summed E-state index contributed by atoms with van der Waals surface area (Å²) in [6.45, 7) is 4.85. The maximum atomic E-state index is 5.47. The Morgan fingerprint density at radius 1 is 0.889 bits per heavy atom. The standard InChI is InChI=1S/C9H13N.C8H8/c1-7-3-4-9(6-10)5-8(7)2;1-2-4-8-6-5-7(8)3-1/h3-5H,6,10H2,1-2H3;1-4H,5-6H2. The lowest BCUT2D eigenvalue weighted by Gasteiger charge is -2.16. The monoisotopic (exact) mass is 239 g/mol. The van der Waals surface area contributed by atoms with E-state index < -0.39 is 0 Å². The summed E-state index contributed by atoms with van der Waals surface area (Å²) in [6.07, 6.45) is 2.60. The molecule has 2 aromatic carbocycles. The minimum absolute atomic E-state index is 0.640. The smallest absolute Gasteiger partial charge is 0.0178 e. The molecule has 0 bridgehead atoms. The van der Waals surface area contributed by atoms with Gasteiger partial charge in [-0.1, -0.05) is 42.5 Å². The molecule has 0 radical (unpaired) electrons. The van der Waals surface area contributed by atoms with Gasteiger partial charge in [-0.05, 0) is 54.5 Å². The summed E-state index contributed by atoms with van der Waals surface area (Å²) in [4.78, 5) is 0. The Labute approximate surface area is 110 Å². The van der Waals surface area contributed by atoms with Gasteiger partial charge < -0.3 is 5.73 Å². The van der Waals surface area contributed by atoms with Gasteiger partial charge in [-0.2, -0.15) is 0 Å². The van der Waals surface area contributed by atoms with Crippen LogP contribution in [0.4, 0.5) is 0 Å². The third-order valence-corrected chi connectivity index (χ3v) is 3.59. The maximum absolute atomic E-state index is 5.47. The van der Waals surface area contributed by atoms with Crippen molar-refractivity contribution in [3.8, 4) is 0 Å². The highest BCUT2D eigenvalue weighted by Crippen LogP contribution is 2.20. The Morgan fingerprint density at radius 3 is 1.89 bits per heavy atom. The molecular formula is C17H21N. The topological polar surface area (TPSA) is 26.0 Å². The van der Waals surface area contributed by atoms with Crippen LogP contribution in [0.15, 0.2) is 42.5 Å². The fraction of sp³-hybridized carbons (Fsp3) is 0.294. The van der Waals surface area contributed by atoms with Crippen LogP contribution in [0.2, 0.25) is 0 Å². The first-order valence-corrected chi connectivity index (χ1v) is 6.53. The number of nitrogens with two attached hydrogens (primary N) is 1. The quantitative estimate of drug-likeness (QED) is 0.809. The highest BCUT2D eigenvalue weighted by molar-refractivity contribution is 5.34. The Kier molecular flexibility index (Phi) is 4.16. The van der Waals surface area contributed by atoms with Gasteiger partial charge in [0.1, 0.15) is 0 Å². The van der Waals surface area contributed by atoms with Crippen LogP contribution in [0.3, 0.4) is 0 Å². The minimum Gasteiger partial charge on any atom is -0.326 e. The van der Waals surface area contributed by atoms with Gasteiger partial charge in [-0.15, -0.1) is 0 Å². The molecule has 2 N–H and O–H groups in total. The van der Waals surface area contributed by atoms with Crippen molar-refractivity contribution in [1.29, 1.82) is 0 Å². The van der Waals surface area contributed by atoms with Crippen molar-refractivity contribution in [3.05, 3.63) is 70.3 Å². The van der Waals surface area contributed by atoms with E-state index in [0.717, 1.165) is 0 Å². The average molecular weight is 239 g/mol. The van der Waals surface area contributed by atoms with Crippen molar-refractivity contribution < 1.29 is 0 Å². The predicted molar refractivity (Wildman–Crippen MR) is 77.7 cm³/mol. The Balaban J connectivity index is 0.000000136. The van der Waals surface area contributed by atoms with Crippen LogP contribution >= 0.6 is 0 Å². The predicted octanol–water partition coefficient (Wildman–Crippen LogP) is 3.55. The van der Waals surface area contributed by atoms with Gasteiger partial charge in [0.05, 0.1) is 0 Å². The summed E-state index contributed by atoms with van der Waals surface area (Å²) < 4.78 is 0. The van der Waals surface area contributed by atoms with Gasteiger partial charge in [0, 0.05) is 6.54 Å². The summed E-state index contributed by atoms with van der Waals surface area (Å²) in [5.41, 5.74) is 12.4. The molecule has 1 aliphatic carbocycles. The Hall–Kier alpha value is -1.60. The van der Waals surface area contributed by atoms with Gasteiger partial charge in [0.15, 0.2) is 0 Å². The molecule has 1 heteroatoms. The van der Waals surface area contributed by atoms with Gasteiger partial charge in [-0.3, -0.25) is 0 Å². The molecule has 94 valence electrons. The SMILES string of the molecule is Cc1ccc(CN)cc1C.c1ccc2c(c1)CC2. The summed E-state index contributed by atoms with van der Waals surface area (Å²) in [7, 11) is 0. The molecule has 0 spiro atoms. The van der Waals surface area contributed by atoms with E-state index in [1.165, 1.54) is 29.5 Å². The Bertz CT molecular complexity index is 506. The van der Waals surface area contributed by atoms with Crippen LogP contribution < -0.4 is 5.73 Å². The minimum atomic E-state index is 0.640. The number of rotatable bonds is 1. The summed E-state index contributed by atoms with van der Waals surface area (Å²) in [6, 6.07) is 14.9. The zero-order valence-corrected chi connectivity index (χ0v) is 11.2. The van der Waals surface area contributed by atoms with E-state index in [4.69, 9.17) is 5.73 Å². The lowest BCUT2D eigenvalue weighted by Crippen LogP contribution is -2.06. The first-order valence-electron chi connectivity index (χ1n) is 6.53. The fourth-order valence-electron chi connectivity index (χ4n) is 2.07. The van der Waals surface area contributed by atoms with Gasteiger partial charge in [0.25, 0.3) is 0 Å². The van der Waals surface area contributed by atoms with Crippen molar-refractivity contribution in [3.63, 3.8) is 0 Å². The first-order chi connectivity index (χ1) is 8.70. The second kappa shape index (κ2) is 5.83. The maximum Gasteiger partial charge on any atom is 0.0178 e.